The summed E-state index contributed by atoms with van der Waals surface area (Å²) in [7, 11) is -2.44. The first kappa shape index (κ1) is 15.2. The number of pyridine rings is 1. The summed E-state index contributed by atoms with van der Waals surface area (Å²) in [5.41, 5.74) is 0.695. The van der Waals surface area contributed by atoms with Gasteiger partial charge in [-0.05, 0) is 38.2 Å². The van der Waals surface area contributed by atoms with Crippen LogP contribution in [-0.4, -0.2) is 26.4 Å². The standard InChI is InChI=1S/C13H15N3O4S/c1-9(10-5-3-4-8-15-10)16-13(17)11-6-7-12(20-11)21(18,19)14-2/h3-9,14H,1-2H3,(H,16,17)/t9-/m0/s1. The van der Waals surface area contributed by atoms with Crippen molar-refractivity contribution in [3.05, 3.63) is 48.0 Å². The summed E-state index contributed by atoms with van der Waals surface area (Å²) in [6.45, 7) is 1.77. The van der Waals surface area contributed by atoms with Gasteiger partial charge in [0.05, 0.1) is 11.7 Å². The Labute approximate surface area is 122 Å². The molecule has 0 bridgehead atoms. The first-order valence-corrected chi connectivity index (χ1v) is 7.67. The third kappa shape index (κ3) is 3.47. The molecule has 2 N–H and O–H groups in total. The van der Waals surface area contributed by atoms with E-state index in [4.69, 9.17) is 4.42 Å². The van der Waals surface area contributed by atoms with Crippen molar-refractivity contribution in [2.75, 3.05) is 7.05 Å². The molecule has 0 aliphatic carbocycles. The van der Waals surface area contributed by atoms with E-state index in [1.807, 2.05) is 6.07 Å². The van der Waals surface area contributed by atoms with Crippen LogP contribution in [0.15, 0.2) is 46.0 Å². The first-order valence-electron chi connectivity index (χ1n) is 6.19. The van der Waals surface area contributed by atoms with Crippen LogP contribution in [0.4, 0.5) is 0 Å². The quantitative estimate of drug-likeness (QED) is 0.860. The molecule has 0 unspecified atom stereocenters. The van der Waals surface area contributed by atoms with Crippen LogP contribution in [0.1, 0.15) is 29.2 Å². The highest BCUT2D eigenvalue weighted by molar-refractivity contribution is 7.89. The Morgan fingerprint density at radius 3 is 2.67 bits per heavy atom. The Kier molecular flexibility index (Phi) is 4.39. The second-order valence-electron chi connectivity index (χ2n) is 4.28. The highest BCUT2D eigenvalue weighted by Gasteiger charge is 2.20. The topological polar surface area (TPSA) is 101 Å². The third-order valence-corrected chi connectivity index (χ3v) is 4.10. The number of sulfonamides is 1. The molecule has 1 atom stereocenters. The molecule has 0 fully saturated rings. The van der Waals surface area contributed by atoms with Crippen LogP contribution in [0, 0.1) is 0 Å². The van der Waals surface area contributed by atoms with Gasteiger partial charge in [0.1, 0.15) is 0 Å². The van der Waals surface area contributed by atoms with E-state index in [2.05, 4.69) is 15.0 Å². The van der Waals surface area contributed by atoms with Crippen molar-refractivity contribution in [2.45, 2.75) is 18.1 Å². The maximum absolute atomic E-state index is 12.0. The van der Waals surface area contributed by atoms with Crippen LogP contribution in [0.25, 0.3) is 0 Å². The number of nitrogens with zero attached hydrogens (tertiary/aromatic N) is 1. The lowest BCUT2D eigenvalue weighted by atomic mass is 10.2. The Balaban J connectivity index is 2.11. The van der Waals surface area contributed by atoms with Gasteiger partial charge in [-0.2, -0.15) is 0 Å². The zero-order chi connectivity index (χ0) is 15.5. The van der Waals surface area contributed by atoms with Crippen molar-refractivity contribution in [1.82, 2.24) is 15.0 Å². The van der Waals surface area contributed by atoms with E-state index in [-0.39, 0.29) is 16.9 Å². The molecular weight excluding hydrogens is 294 g/mol. The fourth-order valence-corrected chi connectivity index (χ4v) is 2.31. The number of rotatable bonds is 5. The van der Waals surface area contributed by atoms with Gasteiger partial charge in [-0.25, -0.2) is 13.1 Å². The minimum Gasteiger partial charge on any atom is -0.438 e. The van der Waals surface area contributed by atoms with Gasteiger partial charge in [0, 0.05) is 6.20 Å². The Morgan fingerprint density at radius 1 is 1.29 bits per heavy atom. The van der Waals surface area contributed by atoms with Gasteiger partial charge in [-0.3, -0.25) is 9.78 Å². The highest BCUT2D eigenvalue weighted by Crippen LogP contribution is 2.15. The number of hydrogen-bond donors (Lipinski definition) is 2. The maximum Gasteiger partial charge on any atom is 0.287 e. The lowest BCUT2D eigenvalue weighted by molar-refractivity contribution is 0.0905. The largest absolute Gasteiger partial charge is 0.438 e. The molecule has 2 heterocycles. The summed E-state index contributed by atoms with van der Waals surface area (Å²) in [6, 6.07) is 7.59. The molecule has 0 saturated heterocycles. The summed E-state index contributed by atoms with van der Waals surface area (Å²) < 4.78 is 30.2. The molecule has 0 aliphatic rings. The molecule has 0 spiro atoms. The second-order valence-corrected chi connectivity index (χ2v) is 6.09. The molecule has 2 aromatic rings. The van der Waals surface area contributed by atoms with Gasteiger partial charge in [-0.1, -0.05) is 6.07 Å². The minimum absolute atomic E-state index is 0.0772. The Morgan fingerprint density at radius 2 is 2.05 bits per heavy atom. The van der Waals surface area contributed by atoms with Crippen molar-refractivity contribution >= 4 is 15.9 Å². The zero-order valence-corrected chi connectivity index (χ0v) is 12.3. The van der Waals surface area contributed by atoms with Crippen molar-refractivity contribution in [3.63, 3.8) is 0 Å². The summed E-state index contributed by atoms with van der Waals surface area (Å²) in [6.07, 6.45) is 1.63. The molecule has 8 heteroatoms. The monoisotopic (exact) mass is 309 g/mol. The number of carbonyl (C=O) groups is 1. The van der Waals surface area contributed by atoms with E-state index >= 15 is 0 Å². The molecule has 7 nitrogen and oxygen atoms in total. The summed E-state index contributed by atoms with van der Waals surface area (Å²) in [5.74, 6) is -0.586. The maximum atomic E-state index is 12.0. The smallest absolute Gasteiger partial charge is 0.287 e. The van der Waals surface area contributed by atoms with Crippen LogP contribution in [0.5, 0.6) is 0 Å². The lowest BCUT2D eigenvalue weighted by Gasteiger charge is -2.11. The Hall–Kier alpha value is -2.19. The normalized spacial score (nSPS) is 12.9. The Bertz CT molecular complexity index is 725. The summed E-state index contributed by atoms with van der Waals surface area (Å²) in [4.78, 5) is 16.1. The second kappa shape index (κ2) is 6.06. The molecule has 112 valence electrons. The summed E-state index contributed by atoms with van der Waals surface area (Å²) in [5, 5.41) is 2.38. The van der Waals surface area contributed by atoms with E-state index in [9.17, 15) is 13.2 Å². The summed E-state index contributed by atoms with van der Waals surface area (Å²) >= 11 is 0. The lowest BCUT2D eigenvalue weighted by Crippen LogP contribution is -2.26. The molecule has 21 heavy (non-hydrogen) atoms. The first-order chi connectivity index (χ1) is 9.94. The van der Waals surface area contributed by atoms with E-state index in [0.717, 1.165) is 0 Å². The van der Waals surface area contributed by atoms with Crippen LogP contribution in [0.2, 0.25) is 0 Å². The SMILES string of the molecule is CNS(=O)(=O)c1ccc(C(=O)N[C@@H](C)c2ccccn2)o1. The van der Waals surface area contributed by atoms with Crippen LogP contribution >= 0.6 is 0 Å². The van der Waals surface area contributed by atoms with Gasteiger partial charge in [0.25, 0.3) is 15.9 Å². The average molecular weight is 309 g/mol. The third-order valence-electron chi connectivity index (χ3n) is 2.82. The predicted octanol–water partition coefficient (Wildman–Crippen LogP) is 1.07. The molecule has 1 amide bonds. The molecular formula is C13H15N3O4S. The van der Waals surface area contributed by atoms with Crippen LogP contribution in [-0.2, 0) is 10.0 Å². The number of nitrogens with one attached hydrogen (secondary N) is 2. The fourth-order valence-electron chi connectivity index (χ4n) is 1.66. The van der Waals surface area contributed by atoms with Crippen molar-refractivity contribution in [3.8, 4) is 0 Å². The van der Waals surface area contributed by atoms with Gasteiger partial charge in [0.15, 0.2) is 5.76 Å². The molecule has 2 rings (SSSR count). The fraction of sp³-hybridized carbons (Fsp3) is 0.231. The van der Waals surface area contributed by atoms with Crippen molar-refractivity contribution in [2.24, 2.45) is 0 Å². The molecule has 0 saturated carbocycles. The predicted molar refractivity (Wildman–Crippen MR) is 75.1 cm³/mol. The van der Waals surface area contributed by atoms with E-state index in [1.54, 1.807) is 25.3 Å². The zero-order valence-electron chi connectivity index (χ0n) is 11.5. The molecule has 0 aliphatic heterocycles. The number of aromatic nitrogens is 1. The van der Waals surface area contributed by atoms with E-state index in [0.29, 0.717) is 5.69 Å². The van der Waals surface area contributed by atoms with Crippen molar-refractivity contribution < 1.29 is 17.6 Å². The van der Waals surface area contributed by atoms with Gasteiger partial charge < -0.3 is 9.73 Å². The van der Waals surface area contributed by atoms with Gasteiger partial charge in [0.2, 0.25) is 5.09 Å². The number of amides is 1. The number of hydrogen-bond acceptors (Lipinski definition) is 5. The van der Waals surface area contributed by atoms with Gasteiger partial charge in [-0.15, -0.1) is 0 Å². The molecule has 0 aromatic carbocycles. The van der Waals surface area contributed by atoms with E-state index < -0.39 is 15.9 Å². The molecule has 0 radical (unpaired) electrons. The average Bonchev–Trinajstić information content (AvgIpc) is 2.99. The van der Waals surface area contributed by atoms with Crippen LogP contribution in [0.3, 0.4) is 0 Å². The van der Waals surface area contributed by atoms with E-state index in [1.165, 1.54) is 19.2 Å². The number of carbonyl (C=O) groups excluding carboxylic acids is 1. The highest BCUT2D eigenvalue weighted by atomic mass is 32.2. The minimum atomic E-state index is -3.70. The van der Waals surface area contributed by atoms with Gasteiger partial charge >= 0.3 is 0 Å². The van der Waals surface area contributed by atoms with Crippen LogP contribution < -0.4 is 10.0 Å². The number of furan rings is 1. The van der Waals surface area contributed by atoms with Crippen molar-refractivity contribution in [1.29, 1.82) is 0 Å². The molecule has 2 aromatic heterocycles.